The SMILES string of the molecule is CC(C)C(NC(=O)C(CO)NC(=O)C(CO)NC(=O)C(N)CCC(=O)O)C(=O)O. The van der Waals surface area contributed by atoms with Crippen LogP contribution in [-0.2, 0) is 24.0 Å². The number of nitrogens with two attached hydrogens (primary N) is 1. The van der Waals surface area contributed by atoms with Crippen molar-refractivity contribution in [3.05, 3.63) is 0 Å². The van der Waals surface area contributed by atoms with Crippen molar-refractivity contribution in [3.8, 4) is 0 Å². The van der Waals surface area contributed by atoms with Gasteiger partial charge in [0, 0.05) is 6.42 Å². The van der Waals surface area contributed by atoms with Gasteiger partial charge in [0.15, 0.2) is 0 Å². The largest absolute Gasteiger partial charge is 0.481 e. The normalized spacial score (nSPS) is 15.0. The van der Waals surface area contributed by atoms with E-state index in [1.54, 1.807) is 13.8 Å². The van der Waals surface area contributed by atoms with Crippen molar-refractivity contribution in [2.24, 2.45) is 11.7 Å². The zero-order chi connectivity index (χ0) is 22.7. The molecule has 0 spiro atoms. The number of carboxylic acid groups (broad SMARTS) is 2. The van der Waals surface area contributed by atoms with Gasteiger partial charge in [-0.15, -0.1) is 0 Å². The molecule has 0 bridgehead atoms. The molecule has 0 fully saturated rings. The topological polar surface area (TPSA) is 228 Å². The molecule has 0 rings (SSSR count). The molecule has 0 aliphatic carbocycles. The Kier molecular flexibility index (Phi) is 11.4. The van der Waals surface area contributed by atoms with Crippen molar-refractivity contribution < 1.29 is 44.4 Å². The monoisotopic (exact) mass is 420 g/mol. The summed E-state index contributed by atoms with van der Waals surface area (Å²) in [6.45, 7) is 1.37. The van der Waals surface area contributed by atoms with Gasteiger partial charge < -0.3 is 42.1 Å². The van der Waals surface area contributed by atoms with E-state index in [1.165, 1.54) is 0 Å². The van der Waals surface area contributed by atoms with Crippen LogP contribution in [0.5, 0.6) is 0 Å². The second kappa shape index (κ2) is 12.6. The molecule has 4 unspecified atom stereocenters. The molecule has 0 aromatic rings. The molecule has 0 saturated carbocycles. The van der Waals surface area contributed by atoms with Crippen LogP contribution in [0.4, 0.5) is 0 Å². The van der Waals surface area contributed by atoms with Crippen molar-refractivity contribution in [1.82, 2.24) is 16.0 Å². The quantitative estimate of drug-likeness (QED) is 0.146. The van der Waals surface area contributed by atoms with Crippen LogP contribution in [0.2, 0.25) is 0 Å². The number of carboxylic acids is 2. The fourth-order valence-corrected chi connectivity index (χ4v) is 2.12. The Hall–Kier alpha value is -2.77. The lowest BCUT2D eigenvalue weighted by Crippen LogP contribution is -2.59. The Morgan fingerprint density at radius 2 is 1.28 bits per heavy atom. The minimum Gasteiger partial charge on any atom is -0.481 e. The lowest BCUT2D eigenvalue weighted by atomic mass is 10.0. The summed E-state index contributed by atoms with van der Waals surface area (Å²) in [4.78, 5) is 57.9. The molecule has 13 nitrogen and oxygen atoms in total. The van der Waals surface area contributed by atoms with Crippen molar-refractivity contribution in [2.45, 2.75) is 50.9 Å². The van der Waals surface area contributed by atoms with E-state index in [-0.39, 0.29) is 12.8 Å². The van der Waals surface area contributed by atoms with E-state index in [0.717, 1.165) is 0 Å². The lowest BCUT2D eigenvalue weighted by molar-refractivity contribution is -0.144. The molecular weight excluding hydrogens is 392 g/mol. The van der Waals surface area contributed by atoms with Crippen molar-refractivity contribution in [1.29, 1.82) is 0 Å². The van der Waals surface area contributed by atoms with Crippen molar-refractivity contribution in [3.63, 3.8) is 0 Å². The van der Waals surface area contributed by atoms with Crippen LogP contribution in [0, 0.1) is 5.92 Å². The van der Waals surface area contributed by atoms with E-state index in [2.05, 4.69) is 16.0 Å². The zero-order valence-electron chi connectivity index (χ0n) is 16.1. The highest BCUT2D eigenvalue weighted by Crippen LogP contribution is 2.02. The summed E-state index contributed by atoms with van der Waals surface area (Å²) in [5.41, 5.74) is 5.51. The van der Waals surface area contributed by atoms with Gasteiger partial charge in [-0.2, -0.15) is 0 Å². The third kappa shape index (κ3) is 9.32. The number of aliphatic hydroxyl groups excluding tert-OH is 2. The van der Waals surface area contributed by atoms with Gasteiger partial charge in [-0.25, -0.2) is 4.79 Å². The second-order valence-electron chi connectivity index (χ2n) is 6.59. The number of carbonyl (C=O) groups excluding carboxylic acids is 3. The molecule has 0 saturated heterocycles. The molecule has 9 N–H and O–H groups in total. The van der Waals surface area contributed by atoms with E-state index in [4.69, 9.17) is 15.9 Å². The number of amides is 3. The average Bonchev–Trinajstić information content (AvgIpc) is 2.64. The average molecular weight is 420 g/mol. The van der Waals surface area contributed by atoms with E-state index < -0.39 is 73.0 Å². The molecule has 166 valence electrons. The first-order valence-corrected chi connectivity index (χ1v) is 8.77. The first-order chi connectivity index (χ1) is 13.4. The summed E-state index contributed by atoms with van der Waals surface area (Å²) in [7, 11) is 0. The highest BCUT2D eigenvalue weighted by Gasteiger charge is 2.30. The van der Waals surface area contributed by atoms with Gasteiger partial charge in [0.2, 0.25) is 17.7 Å². The molecule has 0 aromatic heterocycles. The maximum absolute atomic E-state index is 12.2. The Morgan fingerprint density at radius 3 is 1.66 bits per heavy atom. The van der Waals surface area contributed by atoms with E-state index in [1.807, 2.05) is 0 Å². The minimum absolute atomic E-state index is 0.200. The molecule has 0 aliphatic rings. The van der Waals surface area contributed by atoms with Gasteiger partial charge in [0.1, 0.15) is 18.1 Å². The Bertz CT molecular complexity index is 611. The van der Waals surface area contributed by atoms with Crippen molar-refractivity contribution >= 4 is 29.7 Å². The van der Waals surface area contributed by atoms with Crippen LogP contribution in [0.15, 0.2) is 0 Å². The van der Waals surface area contributed by atoms with Gasteiger partial charge >= 0.3 is 11.9 Å². The fraction of sp³-hybridized carbons (Fsp3) is 0.688. The van der Waals surface area contributed by atoms with Crippen LogP contribution in [0.25, 0.3) is 0 Å². The maximum Gasteiger partial charge on any atom is 0.326 e. The Balaban J connectivity index is 4.95. The maximum atomic E-state index is 12.2. The molecular formula is C16H28N4O9. The molecule has 0 radical (unpaired) electrons. The van der Waals surface area contributed by atoms with Crippen LogP contribution < -0.4 is 21.7 Å². The Labute approximate surface area is 166 Å². The number of aliphatic hydroxyl groups is 2. The van der Waals surface area contributed by atoms with Gasteiger partial charge in [-0.05, 0) is 12.3 Å². The summed E-state index contributed by atoms with van der Waals surface area (Å²) in [6.07, 6.45) is -0.577. The van der Waals surface area contributed by atoms with E-state index in [9.17, 15) is 34.2 Å². The molecule has 0 aliphatic heterocycles. The predicted octanol–water partition coefficient (Wildman–Crippen LogP) is -3.64. The second-order valence-corrected chi connectivity index (χ2v) is 6.59. The number of aliphatic carboxylic acids is 2. The molecule has 0 heterocycles. The standard InChI is InChI=1S/C16H28N4O9/c1-7(2)12(16(28)29)20-15(27)10(6-22)19-14(26)9(5-21)18-13(25)8(17)3-4-11(23)24/h7-10,12,21-22H,3-6,17H2,1-2H3,(H,18,25)(H,19,26)(H,20,27)(H,23,24)(H,28,29). The summed E-state index contributed by atoms with van der Waals surface area (Å²) in [5.74, 6) is -5.82. The first kappa shape index (κ1) is 26.2. The summed E-state index contributed by atoms with van der Waals surface area (Å²) < 4.78 is 0. The number of nitrogens with one attached hydrogen (secondary N) is 3. The molecule has 13 heteroatoms. The van der Waals surface area contributed by atoms with Gasteiger partial charge in [0.05, 0.1) is 19.3 Å². The van der Waals surface area contributed by atoms with Gasteiger partial charge in [-0.1, -0.05) is 13.8 Å². The highest BCUT2D eigenvalue weighted by molar-refractivity contribution is 5.94. The smallest absolute Gasteiger partial charge is 0.326 e. The predicted molar refractivity (Wildman–Crippen MR) is 97.3 cm³/mol. The van der Waals surface area contributed by atoms with Crippen molar-refractivity contribution in [2.75, 3.05) is 13.2 Å². The molecule has 0 aromatic carbocycles. The van der Waals surface area contributed by atoms with Crippen LogP contribution >= 0.6 is 0 Å². The first-order valence-electron chi connectivity index (χ1n) is 8.77. The highest BCUT2D eigenvalue weighted by atomic mass is 16.4. The fourth-order valence-electron chi connectivity index (χ4n) is 2.12. The van der Waals surface area contributed by atoms with E-state index >= 15 is 0 Å². The minimum atomic E-state index is -1.53. The van der Waals surface area contributed by atoms with Gasteiger partial charge in [0.25, 0.3) is 0 Å². The summed E-state index contributed by atoms with van der Waals surface area (Å²) in [5, 5.41) is 42.7. The van der Waals surface area contributed by atoms with Crippen LogP contribution in [0.1, 0.15) is 26.7 Å². The van der Waals surface area contributed by atoms with Crippen LogP contribution in [-0.4, -0.2) is 87.5 Å². The summed E-state index contributed by atoms with van der Waals surface area (Å²) >= 11 is 0. The zero-order valence-corrected chi connectivity index (χ0v) is 16.1. The molecule has 3 amide bonds. The number of carbonyl (C=O) groups is 5. The molecule has 4 atom stereocenters. The third-order valence-corrected chi connectivity index (χ3v) is 3.87. The lowest BCUT2D eigenvalue weighted by Gasteiger charge is -2.24. The Morgan fingerprint density at radius 1 is 0.828 bits per heavy atom. The van der Waals surface area contributed by atoms with Gasteiger partial charge in [-0.3, -0.25) is 19.2 Å². The van der Waals surface area contributed by atoms with E-state index in [0.29, 0.717) is 0 Å². The third-order valence-electron chi connectivity index (χ3n) is 3.87. The summed E-state index contributed by atoms with van der Waals surface area (Å²) in [6, 6.07) is -5.56. The number of hydrogen-bond donors (Lipinski definition) is 8. The van der Waals surface area contributed by atoms with Crippen LogP contribution in [0.3, 0.4) is 0 Å². The number of rotatable bonds is 13. The number of hydrogen-bond acceptors (Lipinski definition) is 8. The molecule has 29 heavy (non-hydrogen) atoms.